The number of anilines is 1. The first kappa shape index (κ1) is 12.7. The predicted octanol–water partition coefficient (Wildman–Crippen LogP) is 2.30. The lowest BCUT2D eigenvalue weighted by Gasteiger charge is -2.35. The summed E-state index contributed by atoms with van der Waals surface area (Å²) in [5.41, 5.74) is 1.29. The third-order valence-corrected chi connectivity index (χ3v) is 3.90. The summed E-state index contributed by atoms with van der Waals surface area (Å²) in [6.45, 7) is 2.13. The average Bonchev–Trinajstić information content (AvgIpc) is 2.85. The number of ketones is 1. The number of Topliss-reactive ketones (excluding diaryl/α,β-unsaturated/α-hetero) is 1. The molecule has 3 rings (SSSR count). The zero-order valence-electron chi connectivity index (χ0n) is 11.4. The van der Waals surface area contributed by atoms with Crippen LogP contribution in [0.4, 0.5) is 5.69 Å². The summed E-state index contributed by atoms with van der Waals surface area (Å²) in [5.74, 6) is 0.736. The number of rotatable bonds is 2. The predicted molar refractivity (Wildman–Crippen MR) is 76.9 cm³/mol. The van der Waals surface area contributed by atoms with Crippen LogP contribution in [0, 0.1) is 11.3 Å². The van der Waals surface area contributed by atoms with Gasteiger partial charge >= 0.3 is 0 Å². The Morgan fingerprint density at radius 2 is 1.75 bits per heavy atom. The molecule has 2 aliphatic rings. The molecule has 0 atom stereocenters. The van der Waals surface area contributed by atoms with Crippen LogP contribution in [0.15, 0.2) is 41.7 Å². The van der Waals surface area contributed by atoms with E-state index in [1.165, 1.54) is 6.42 Å². The number of hydrogen-bond donors (Lipinski definition) is 0. The Morgan fingerprint density at radius 1 is 1.05 bits per heavy atom. The van der Waals surface area contributed by atoms with E-state index in [2.05, 4.69) is 11.0 Å². The third-order valence-electron chi connectivity index (χ3n) is 3.90. The molecule has 0 unspecified atom stereocenters. The molecule has 1 saturated heterocycles. The summed E-state index contributed by atoms with van der Waals surface area (Å²) >= 11 is 0. The van der Waals surface area contributed by atoms with Crippen molar-refractivity contribution in [2.75, 3.05) is 24.5 Å². The Balaban J connectivity index is 2.00. The van der Waals surface area contributed by atoms with E-state index in [0.717, 1.165) is 37.4 Å². The number of nitriles is 1. The highest BCUT2D eigenvalue weighted by molar-refractivity contribution is 6.06. The van der Waals surface area contributed by atoms with E-state index < -0.39 is 0 Å². The summed E-state index contributed by atoms with van der Waals surface area (Å²) in [7, 11) is 0. The van der Waals surface area contributed by atoms with Crippen molar-refractivity contribution in [3.05, 3.63) is 41.7 Å². The number of likely N-dealkylation sites (tertiary alicyclic amines) is 1. The van der Waals surface area contributed by atoms with Crippen LogP contribution in [0.2, 0.25) is 0 Å². The quantitative estimate of drug-likeness (QED) is 0.825. The molecule has 0 aromatic heterocycles. The van der Waals surface area contributed by atoms with Gasteiger partial charge in [0, 0.05) is 18.8 Å². The minimum atomic E-state index is -0.0723. The van der Waals surface area contributed by atoms with Crippen molar-refractivity contribution in [2.24, 2.45) is 0 Å². The fraction of sp³-hybridized carbons (Fsp3) is 0.375. The highest BCUT2D eigenvalue weighted by Gasteiger charge is 2.34. The standard InChI is InChI=1S/C16H17N3O/c17-11-14-15(20)12-19(13-7-3-1-4-8-13)16(14)18-9-5-2-6-10-18/h1,3-4,7-8H,2,5-6,9-10,12H2. The summed E-state index contributed by atoms with van der Waals surface area (Å²) in [6, 6.07) is 11.9. The van der Waals surface area contributed by atoms with E-state index >= 15 is 0 Å². The number of carbonyl (C=O) groups is 1. The molecule has 1 aromatic rings. The molecule has 102 valence electrons. The van der Waals surface area contributed by atoms with Gasteiger partial charge in [-0.2, -0.15) is 5.26 Å². The van der Waals surface area contributed by atoms with E-state index in [9.17, 15) is 10.1 Å². The van der Waals surface area contributed by atoms with Crippen molar-refractivity contribution in [1.29, 1.82) is 5.26 Å². The van der Waals surface area contributed by atoms with Crippen molar-refractivity contribution >= 4 is 11.5 Å². The second-order valence-corrected chi connectivity index (χ2v) is 5.20. The SMILES string of the molecule is N#CC1=C(N2CCCCC2)N(c2ccccc2)CC1=O. The van der Waals surface area contributed by atoms with E-state index in [4.69, 9.17) is 0 Å². The van der Waals surface area contributed by atoms with Gasteiger partial charge in [-0.05, 0) is 31.4 Å². The molecule has 0 saturated carbocycles. The molecule has 0 aliphatic carbocycles. The smallest absolute Gasteiger partial charge is 0.196 e. The van der Waals surface area contributed by atoms with Gasteiger partial charge in [0.15, 0.2) is 5.78 Å². The van der Waals surface area contributed by atoms with Crippen LogP contribution in [0.25, 0.3) is 0 Å². The number of benzene rings is 1. The topological polar surface area (TPSA) is 47.3 Å². The fourth-order valence-electron chi connectivity index (χ4n) is 2.93. The van der Waals surface area contributed by atoms with Crippen molar-refractivity contribution in [2.45, 2.75) is 19.3 Å². The molecule has 0 amide bonds. The zero-order valence-corrected chi connectivity index (χ0v) is 11.4. The summed E-state index contributed by atoms with van der Waals surface area (Å²) < 4.78 is 0. The lowest BCUT2D eigenvalue weighted by molar-refractivity contribution is -0.113. The molecule has 0 spiro atoms. The first-order chi connectivity index (χ1) is 9.81. The average molecular weight is 267 g/mol. The number of piperidine rings is 1. The van der Waals surface area contributed by atoms with Gasteiger partial charge in [-0.1, -0.05) is 18.2 Å². The maximum absolute atomic E-state index is 12.1. The van der Waals surface area contributed by atoms with Gasteiger partial charge in [0.25, 0.3) is 0 Å². The monoisotopic (exact) mass is 267 g/mol. The van der Waals surface area contributed by atoms with Crippen LogP contribution >= 0.6 is 0 Å². The lowest BCUT2D eigenvalue weighted by Crippen LogP contribution is -2.37. The Bertz CT molecular complexity index is 579. The molecule has 4 heteroatoms. The Labute approximate surface area is 118 Å². The Morgan fingerprint density at radius 3 is 2.40 bits per heavy atom. The van der Waals surface area contributed by atoms with Crippen molar-refractivity contribution in [1.82, 2.24) is 4.90 Å². The maximum atomic E-state index is 12.1. The zero-order chi connectivity index (χ0) is 13.9. The van der Waals surface area contributed by atoms with Gasteiger partial charge in [0.05, 0.1) is 6.54 Å². The summed E-state index contributed by atoms with van der Waals surface area (Å²) in [4.78, 5) is 16.3. The second kappa shape index (κ2) is 5.38. The van der Waals surface area contributed by atoms with E-state index in [1.807, 2.05) is 35.2 Å². The normalized spacial score (nSPS) is 19.4. The van der Waals surface area contributed by atoms with E-state index in [1.54, 1.807) is 0 Å². The number of nitrogens with zero attached hydrogens (tertiary/aromatic N) is 3. The van der Waals surface area contributed by atoms with Gasteiger partial charge in [-0.25, -0.2) is 0 Å². The fourth-order valence-corrected chi connectivity index (χ4v) is 2.93. The van der Waals surface area contributed by atoms with E-state index in [-0.39, 0.29) is 12.3 Å². The number of hydrogen-bond acceptors (Lipinski definition) is 4. The van der Waals surface area contributed by atoms with Gasteiger partial charge in [0.1, 0.15) is 17.5 Å². The molecule has 20 heavy (non-hydrogen) atoms. The molecule has 0 bridgehead atoms. The highest BCUT2D eigenvalue weighted by atomic mass is 16.1. The molecule has 2 heterocycles. The van der Waals surface area contributed by atoms with Crippen molar-refractivity contribution in [3.63, 3.8) is 0 Å². The van der Waals surface area contributed by atoms with Crippen LogP contribution in [0.1, 0.15) is 19.3 Å². The second-order valence-electron chi connectivity index (χ2n) is 5.20. The highest BCUT2D eigenvalue weighted by Crippen LogP contribution is 2.30. The molecule has 1 fully saturated rings. The van der Waals surface area contributed by atoms with Gasteiger partial charge < -0.3 is 9.80 Å². The lowest BCUT2D eigenvalue weighted by atomic mass is 10.1. The number of carbonyl (C=O) groups excluding carboxylic acids is 1. The molecule has 2 aliphatic heterocycles. The molecule has 0 radical (unpaired) electrons. The summed E-state index contributed by atoms with van der Waals surface area (Å²) in [5, 5.41) is 9.32. The number of para-hydroxylation sites is 1. The molecule has 1 aromatic carbocycles. The van der Waals surface area contributed by atoms with Gasteiger partial charge in [-0.15, -0.1) is 0 Å². The largest absolute Gasteiger partial charge is 0.357 e. The van der Waals surface area contributed by atoms with Crippen LogP contribution in [-0.4, -0.2) is 30.3 Å². The van der Waals surface area contributed by atoms with Crippen molar-refractivity contribution in [3.8, 4) is 6.07 Å². The van der Waals surface area contributed by atoms with Gasteiger partial charge in [0.2, 0.25) is 0 Å². The van der Waals surface area contributed by atoms with E-state index in [0.29, 0.717) is 5.57 Å². The van der Waals surface area contributed by atoms with Crippen LogP contribution in [0.5, 0.6) is 0 Å². The molecule has 4 nitrogen and oxygen atoms in total. The van der Waals surface area contributed by atoms with Gasteiger partial charge in [-0.3, -0.25) is 4.79 Å². The third kappa shape index (κ3) is 2.16. The molecular weight excluding hydrogens is 250 g/mol. The minimum absolute atomic E-state index is 0.0723. The summed E-state index contributed by atoms with van der Waals surface area (Å²) in [6.07, 6.45) is 3.48. The Hall–Kier alpha value is -2.28. The Kier molecular flexibility index (Phi) is 3.42. The maximum Gasteiger partial charge on any atom is 0.196 e. The minimum Gasteiger partial charge on any atom is -0.357 e. The van der Waals surface area contributed by atoms with Crippen LogP contribution in [-0.2, 0) is 4.79 Å². The molecular formula is C16H17N3O. The molecule has 0 N–H and O–H groups in total. The first-order valence-corrected chi connectivity index (χ1v) is 7.06. The van der Waals surface area contributed by atoms with Crippen LogP contribution in [0.3, 0.4) is 0 Å². The first-order valence-electron chi connectivity index (χ1n) is 7.06. The van der Waals surface area contributed by atoms with Crippen LogP contribution < -0.4 is 4.90 Å². The van der Waals surface area contributed by atoms with Crippen molar-refractivity contribution < 1.29 is 4.79 Å².